The van der Waals surface area contributed by atoms with E-state index in [-0.39, 0.29) is 30.4 Å². The van der Waals surface area contributed by atoms with Gasteiger partial charge in [0.2, 0.25) is 5.91 Å². The molecule has 2 atom stereocenters. The van der Waals surface area contributed by atoms with Gasteiger partial charge in [-0.3, -0.25) is 14.4 Å². The molecular weight excluding hydrogens is 516 g/mol. The lowest BCUT2D eigenvalue weighted by Crippen LogP contribution is -2.58. The first-order chi connectivity index (χ1) is 18.7. The monoisotopic (exact) mass is 548 g/mol. The van der Waals surface area contributed by atoms with E-state index in [2.05, 4.69) is 10.3 Å². The van der Waals surface area contributed by atoms with Crippen molar-refractivity contribution < 1.29 is 23.9 Å². The van der Waals surface area contributed by atoms with E-state index in [1.54, 1.807) is 24.1 Å². The maximum absolute atomic E-state index is 13.3. The van der Waals surface area contributed by atoms with Crippen LogP contribution in [0.3, 0.4) is 0 Å². The molecule has 1 N–H and O–H groups in total. The van der Waals surface area contributed by atoms with Crippen LogP contribution < -0.4 is 10.1 Å². The molecule has 3 aromatic rings. The maximum atomic E-state index is 13.3. The van der Waals surface area contributed by atoms with Gasteiger partial charge < -0.3 is 24.6 Å². The molecule has 0 spiro atoms. The number of hydrogen-bond donors (Lipinski definition) is 1. The topological polar surface area (TPSA) is 101 Å². The highest BCUT2D eigenvalue weighted by Crippen LogP contribution is 2.28. The van der Waals surface area contributed by atoms with Gasteiger partial charge in [-0.15, -0.1) is 11.3 Å². The van der Waals surface area contributed by atoms with Gasteiger partial charge in [-0.1, -0.05) is 18.2 Å². The Morgan fingerprint density at radius 3 is 2.72 bits per heavy atom. The Balaban J connectivity index is 1.42. The molecule has 0 radical (unpaired) electrons. The normalized spacial score (nSPS) is 20.2. The second-order valence-corrected chi connectivity index (χ2v) is 11.3. The zero-order chi connectivity index (χ0) is 27.7. The standard InChI is InChI=1S/C29H32N4O5S/c1-17-8-9-21-13-25(17)38-22-7-5-6-20(12-22)16-37-24-10-11-33(29(36)27-18(2)30-19(3)39-27)14-23(24)31-26(34)15-32(4)28(21)35/h5-9,12-13,23-24H,10-11,14-16H2,1-4H3,(H,31,34)/t23-,24+/m0/s1. The molecule has 10 heteroatoms. The first-order valence-corrected chi connectivity index (χ1v) is 13.8. The average molecular weight is 549 g/mol. The zero-order valence-corrected chi connectivity index (χ0v) is 23.3. The largest absolute Gasteiger partial charge is 0.457 e. The van der Waals surface area contributed by atoms with E-state index in [4.69, 9.17) is 9.47 Å². The number of hydrogen-bond acceptors (Lipinski definition) is 7. The Morgan fingerprint density at radius 1 is 1.13 bits per heavy atom. The summed E-state index contributed by atoms with van der Waals surface area (Å²) < 4.78 is 12.5. The fraction of sp³-hybridized carbons (Fsp3) is 0.379. The minimum Gasteiger partial charge on any atom is -0.457 e. The Kier molecular flexibility index (Phi) is 7.67. The first-order valence-electron chi connectivity index (χ1n) is 12.9. The second-order valence-electron chi connectivity index (χ2n) is 10.1. The lowest BCUT2D eigenvalue weighted by molar-refractivity contribution is -0.124. The number of piperidine rings is 1. The molecule has 0 saturated carbocycles. The third kappa shape index (κ3) is 5.97. The Bertz CT molecular complexity index is 1420. The molecule has 3 heterocycles. The highest BCUT2D eigenvalue weighted by atomic mass is 32.1. The van der Waals surface area contributed by atoms with Gasteiger partial charge in [-0.2, -0.15) is 0 Å². The van der Waals surface area contributed by atoms with Gasteiger partial charge in [0.15, 0.2) is 0 Å². The van der Waals surface area contributed by atoms with E-state index in [1.165, 1.54) is 16.2 Å². The third-order valence-electron chi connectivity index (χ3n) is 7.03. The number of amides is 3. The summed E-state index contributed by atoms with van der Waals surface area (Å²) in [6.07, 6.45) is 0.248. The lowest BCUT2D eigenvalue weighted by Gasteiger charge is -2.39. The Morgan fingerprint density at radius 2 is 1.95 bits per heavy atom. The fourth-order valence-corrected chi connectivity index (χ4v) is 5.85. The number of likely N-dealkylation sites (tertiary alicyclic amines) is 1. The van der Waals surface area contributed by atoms with Crippen molar-refractivity contribution in [3.05, 3.63) is 74.7 Å². The smallest absolute Gasteiger partial charge is 0.265 e. The zero-order valence-electron chi connectivity index (χ0n) is 22.5. The van der Waals surface area contributed by atoms with E-state index in [0.29, 0.717) is 53.8 Å². The van der Waals surface area contributed by atoms with E-state index in [9.17, 15) is 14.4 Å². The lowest BCUT2D eigenvalue weighted by atomic mass is 10.0. The summed E-state index contributed by atoms with van der Waals surface area (Å²) in [4.78, 5) is 47.7. The van der Waals surface area contributed by atoms with Crippen LogP contribution in [0.5, 0.6) is 11.5 Å². The molecule has 5 rings (SSSR count). The van der Waals surface area contributed by atoms with Crippen LogP contribution in [0, 0.1) is 20.8 Å². The molecule has 2 aliphatic heterocycles. The van der Waals surface area contributed by atoms with Gasteiger partial charge in [-0.05, 0) is 62.6 Å². The number of aromatic nitrogens is 1. The molecule has 2 aromatic carbocycles. The fourth-order valence-electron chi connectivity index (χ4n) is 4.96. The van der Waals surface area contributed by atoms with Gasteiger partial charge in [-0.25, -0.2) is 4.98 Å². The summed E-state index contributed by atoms with van der Waals surface area (Å²) in [5.74, 6) is 0.517. The van der Waals surface area contributed by atoms with E-state index >= 15 is 0 Å². The summed E-state index contributed by atoms with van der Waals surface area (Å²) in [5, 5.41) is 3.88. The molecule has 4 bridgehead atoms. The summed E-state index contributed by atoms with van der Waals surface area (Å²) in [6, 6.07) is 12.5. The van der Waals surface area contributed by atoms with Crippen LogP contribution in [0.15, 0.2) is 42.5 Å². The van der Waals surface area contributed by atoms with Gasteiger partial charge in [0.25, 0.3) is 11.8 Å². The van der Waals surface area contributed by atoms with Crippen molar-refractivity contribution >= 4 is 29.1 Å². The van der Waals surface area contributed by atoms with Gasteiger partial charge in [0.05, 0.1) is 36.0 Å². The van der Waals surface area contributed by atoms with Crippen LogP contribution >= 0.6 is 11.3 Å². The molecule has 1 aromatic heterocycles. The number of fused-ring (bicyclic) bond motifs is 5. The van der Waals surface area contributed by atoms with Gasteiger partial charge in [0, 0.05) is 25.7 Å². The quantitative estimate of drug-likeness (QED) is 0.496. The minimum atomic E-state index is -0.439. The highest BCUT2D eigenvalue weighted by Gasteiger charge is 2.35. The minimum absolute atomic E-state index is 0.0924. The molecule has 0 unspecified atom stereocenters. The van der Waals surface area contributed by atoms with Crippen molar-refractivity contribution in [2.45, 2.75) is 45.9 Å². The molecule has 2 aliphatic rings. The van der Waals surface area contributed by atoms with Crippen molar-refractivity contribution in [2.24, 2.45) is 0 Å². The van der Waals surface area contributed by atoms with Gasteiger partial charge >= 0.3 is 0 Å². The van der Waals surface area contributed by atoms with Crippen molar-refractivity contribution in [2.75, 3.05) is 26.7 Å². The first kappa shape index (κ1) is 26.8. The highest BCUT2D eigenvalue weighted by molar-refractivity contribution is 7.13. The number of nitrogens with one attached hydrogen (secondary N) is 1. The van der Waals surface area contributed by atoms with Crippen LogP contribution in [0.25, 0.3) is 0 Å². The predicted octanol–water partition coefficient (Wildman–Crippen LogP) is 3.86. The second kappa shape index (κ2) is 11.2. The van der Waals surface area contributed by atoms with Crippen LogP contribution in [0.4, 0.5) is 0 Å². The average Bonchev–Trinajstić information content (AvgIpc) is 3.25. The SMILES string of the molecule is Cc1nc(C)c(C(=O)N2CC[C@H]3OCc4cccc(c4)Oc4cc(ccc4C)C(=O)N(C)CC(=O)N[C@H]3C2)s1. The Hall–Kier alpha value is -3.76. The number of nitrogens with zero attached hydrogens (tertiary/aromatic N) is 3. The van der Waals surface area contributed by atoms with Gasteiger partial charge in [0.1, 0.15) is 16.4 Å². The number of thiazole rings is 1. The van der Waals surface area contributed by atoms with Crippen LogP contribution in [-0.2, 0) is 16.1 Å². The number of likely N-dealkylation sites (N-methyl/N-ethyl adjacent to an activating group) is 1. The van der Waals surface area contributed by atoms with E-state index in [0.717, 1.165) is 16.1 Å². The number of benzene rings is 2. The Labute approximate surface area is 231 Å². The molecule has 0 aliphatic carbocycles. The molecule has 204 valence electrons. The molecule has 3 amide bonds. The number of aryl methyl sites for hydroxylation is 3. The molecular formula is C29H32N4O5S. The summed E-state index contributed by atoms with van der Waals surface area (Å²) >= 11 is 1.38. The van der Waals surface area contributed by atoms with Crippen molar-refractivity contribution in [1.82, 2.24) is 20.1 Å². The van der Waals surface area contributed by atoms with Crippen LogP contribution in [-0.4, -0.2) is 71.3 Å². The van der Waals surface area contributed by atoms with Crippen LogP contribution in [0.2, 0.25) is 0 Å². The molecule has 1 saturated heterocycles. The summed E-state index contributed by atoms with van der Waals surface area (Å²) in [7, 11) is 1.59. The van der Waals surface area contributed by atoms with Crippen molar-refractivity contribution in [3.63, 3.8) is 0 Å². The van der Waals surface area contributed by atoms with E-state index in [1.807, 2.05) is 51.1 Å². The summed E-state index contributed by atoms with van der Waals surface area (Å²) in [5.41, 5.74) is 2.95. The van der Waals surface area contributed by atoms with Crippen molar-refractivity contribution in [1.29, 1.82) is 0 Å². The third-order valence-corrected chi connectivity index (χ3v) is 8.09. The summed E-state index contributed by atoms with van der Waals surface area (Å²) in [6.45, 7) is 6.63. The van der Waals surface area contributed by atoms with E-state index < -0.39 is 6.04 Å². The molecule has 39 heavy (non-hydrogen) atoms. The van der Waals surface area contributed by atoms with Crippen molar-refractivity contribution in [3.8, 4) is 11.5 Å². The molecule has 9 nitrogen and oxygen atoms in total. The number of carbonyl (C=O) groups is 3. The predicted molar refractivity (Wildman–Crippen MR) is 147 cm³/mol. The number of ether oxygens (including phenoxy) is 2. The number of carbonyl (C=O) groups excluding carboxylic acids is 3. The molecule has 1 fully saturated rings. The maximum Gasteiger partial charge on any atom is 0.265 e. The van der Waals surface area contributed by atoms with Crippen LogP contribution in [0.1, 0.15) is 48.3 Å². The number of rotatable bonds is 1.